The monoisotopic (exact) mass is 208 g/mol. The van der Waals surface area contributed by atoms with Gasteiger partial charge in [-0.25, -0.2) is 0 Å². The number of unbranched alkanes of at least 4 members (excludes halogenated alkanes) is 1. The Kier molecular flexibility index (Phi) is 5.86. The predicted molar refractivity (Wildman–Crippen MR) is 62.1 cm³/mol. The van der Waals surface area contributed by atoms with Crippen molar-refractivity contribution in [3.05, 3.63) is 30.3 Å². The van der Waals surface area contributed by atoms with Crippen LogP contribution in [0, 0.1) is 0 Å². The van der Waals surface area contributed by atoms with Gasteiger partial charge in [-0.2, -0.15) is 0 Å². The quantitative estimate of drug-likeness (QED) is 0.698. The Morgan fingerprint density at radius 1 is 1.20 bits per heavy atom. The highest BCUT2D eigenvalue weighted by Gasteiger charge is 1.99. The summed E-state index contributed by atoms with van der Waals surface area (Å²) in [5.41, 5.74) is 0. The van der Waals surface area contributed by atoms with E-state index in [1.54, 1.807) is 0 Å². The van der Waals surface area contributed by atoms with E-state index in [2.05, 4.69) is 0 Å². The topological polar surface area (TPSA) is 29.5 Å². The lowest BCUT2D eigenvalue weighted by Crippen LogP contribution is -2.05. The number of aliphatic hydroxyl groups is 1. The van der Waals surface area contributed by atoms with Crippen molar-refractivity contribution in [3.8, 4) is 5.75 Å². The Bertz CT molecular complexity index is 246. The van der Waals surface area contributed by atoms with Crippen molar-refractivity contribution in [2.24, 2.45) is 0 Å². The summed E-state index contributed by atoms with van der Waals surface area (Å²) in [6.07, 6.45) is 3.63. The first-order valence-electron chi connectivity index (χ1n) is 5.69. The fourth-order valence-electron chi connectivity index (χ4n) is 1.39. The van der Waals surface area contributed by atoms with Gasteiger partial charge in [0.25, 0.3) is 0 Å². The molecule has 0 spiro atoms. The number of ether oxygens (including phenoxy) is 1. The summed E-state index contributed by atoms with van der Waals surface area (Å²) in [7, 11) is 0. The molecular weight excluding hydrogens is 188 g/mol. The van der Waals surface area contributed by atoms with Crippen LogP contribution >= 0.6 is 0 Å². The van der Waals surface area contributed by atoms with Crippen LogP contribution in [-0.2, 0) is 0 Å². The van der Waals surface area contributed by atoms with Gasteiger partial charge < -0.3 is 9.84 Å². The molecule has 0 aromatic heterocycles. The molecule has 1 rings (SSSR count). The van der Waals surface area contributed by atoms with E-state index >= 15 is 0 Å². The largest absolute Gasteiger partial charge is 0.494 e. The van der Waals surface area contributed by atoms with Gasteiger partial charge in [-0.05, 0) is 37.8 Å². The van der Waals surface area contributed by atoms with Crippen LogP contribution < -0.4 is 4.74 Å². The summed E-state index contributed by atoms with van der Waals surface area (Å²) in [5.74, 6) is 0.925. The molecule has 1 atom stereocenters. The van der Waals surface area contributed by atoms with E-state index < -0.39 is 0 Å². The first-order valence-corrected chi connectivity index (χ1v) is 5.69. The highest BCUT2D eigenvalue weighted by Crippen LogP contribution is 2.10. The van der Waals surface area contributed by atoms with E-state index in [1.807, 2.05) is 37.3 Å². The summed E-state index contributed by atoms with van der Waals surface area (Å²) in [6, 6.07) is 9.83. The fourth-order valence-corrected chi connectivity index (χ4v) is 1.39. The molecule has 0 saturated heterocycles. The van der Waals surface area contributed by atoms with E-state index in [4.69, 9.17) is 4.74 Å². The molecule has 0 fully saturated rings. The molecule has 2 heteroatoms. The van der Waals surface area contributed by atoms with Crippen LogP contribution in [0.25, 0.3) is 0 Å². The molecule has 0 bridgehead atoms. The van der Waals surface area contributed by atoms with Gasteiger partial charge in [-0.15, -0.1) is 0 Å². The maximum absolute atomic E-state index is 9.33. The second-order valence-electron chi connectivity index (χ2n) is 3.72. The number of hydrogen-bond donors (Lipinski definition) is 1. The van der Waals surface area contributed by atoms with Crippen LogP contribution in [0.2, 0.25) is 0 Å². The molecule has 2 nitrogen and oxygen atoms in total. The molecule has 1 aromatic rings. The Morgan fingerprint density at radius 3 is 2.60 bits per heavy atom. The minimum Gasteiger partial charge on any atom is -0.494 e. The Morgan fingerprint density at radius 2 is 1.93 bits per heavy atom. The Labute approximate surface area is 91.9 Å². The van der Waals surface area contributed by atoms with E-state index in [-0.39, 0.29) is 6.10 Å². The van der Waals surface area contributed by atoms with E-state index in [9.17, 15) is 5.11 Å². The zero-order chi connectivity index (χ0) is 10.9. The zero-order valence-corrected chi connectivity index (χ0v) is 9.36. The maximum atomic E-state index is 9.33. The normalized spacial score (nSPS) is 12.4. The van der Waals surface area contributed by atoms with Gasteiger partial charge >= 0.3 is 0 Å². The molecular formula is C13H20O2. The molecule has 0 heterocycles. The lowest BCUT2D eigenvalue weighted by molar-refractivity contribution is 0.154. The van der Waals surface area contributed by atoms with Crippen molar-refractivity contribution < 1.29 is 9.84 Å². The Hall–Kier alpha value is -1.02. The third kappa shape index (κ3) is 5.43. The van der Waals surface area contributed by atoms with Gasteiger partial charge in [-0.1, -0.05) is 25.1 Å². The zero-order valence-electron chi connectivity index (χ0n) is 9.36. The van der Waals surface area contributed by atoms with Crippen molar-refractivity contribution in [3.63, 3.8) is 0 Å². The van der Waals surface area contributed by atoms with Gasteiger partial charge in [0.2, 0.25) is 0 Å². The Balaban J connectivity index is 2.03. The maximum Gasteiger partial charge on any atom is 0.119 e. The molecule has 84 valence electrons. The van der Waals surface area contributed by atoms with E-state index in [0.29, 0.717) is 0 Å². The SMILES string of the molecule is CCC(O)CCCCOc1ccccc1. The summed E-state index contributed by atoms with van der Waals surface area (Å²) in [5, 5.41) is 9.33. The standard InChI is InChI=1S/C13H20O2/c1-2-12(14)8-6-7-11-15-13-9-4-3-5-10-13/h3-5,9-10,12,14H,2,6-8,11H2,1H3. The molecule has 1 unspecified atom stereocenters. The van der Waals surface area contributed by atoms with Crippen LogP contribution in [0.4, 0.5) is 0 Å². The van der Waals surface area contributed by atoms with Crippen LogP contribution in [0.3, 0.4) is 0 Å². The first-order chi connectivity index (χ1) is 7.33. The number of para-hydroxylation sites is 1. The number of rotatable bonds is 7. The van der Waals surface area contributed by atoms with Crippen molar-refractivity contribution >= 4 is 0 Å². The van der Waals surface area contributed by atoms with Gasteiger partial charge in [-0.3, -0.25) is 0 Å². The highest BCUT2D eigenvalue weighted by molar-refractivity contribution is 5.20. The van der Waals surface area contributed by atoms with Crippen molar-refractivity contribution in [2.45, 2.75) is 38.7 Å². The van der Waals surface area contributed by atoms with Gasteiger partial charge in [0.15, 0.2) is 0 Å². The lowest BCUT2D eigenvalue weighted by atomic mass is 10.1. The molecule has 15 heavy (non-hydrogen) atoms. The third-order valence-corrected chi connectivity index (χ3v) is 2.41. The van der Waals surface area contributed by atoms with Gasteiger partial charge in [0.05, 0.1) is 12.7 Å². The minimum atomic E-state index is -0.137. The average molecular weight is 208 g/mol. The molecule has 0 aliphatic rings. The smallest absolute Gasteiger partial charge is 0.119 e. The van der Waals surface area contributed by atoms with Crippen LogP contribution in [0.15, 0.2) is 30.3 Å². The lowest BCUT2D eigenvalue weighted by Gasteiger charge is -2.08. The second-order valence-corrected chi connectivity index (χ2v) is 3.72. The summed E-state index contributed by atoms with van der Waals surface area (Å²) in [4.78, 5) is 0. The molecule has 0 amide bonds. The van der Waals surface area contributed by atoms with Crippen molar-refractivity contribution in [2.75, 3.05) is 6.61 Å². The van der Waals surface area contributed by atoms with Crippen LogP contribution in [0.1, 0.15) is 32.6 Å². The second kappa shape index (κ2) is 7.30. The summed E-state index contributed by atoms with van der Waals surface area (Å²) in [6.45, 7) is 2.74. The van der Waals surface area contributed by atoms with Crippen LogP contribution in [-0.4, -0.2) is 17.8 Å². The third-order valence-electron chi connectivity index (χ3n) is 2.41. The fraction of sp³-hybridized carbons (Fsp3) is 0.538. The van der Waals surface area contributed by atoms with E-state index in [1.165, 1.54) is 0 Å². The van der Waals surface area contributed by atoms with Crippen molar-refractivity contribution in [1.82, 2.24) is 0 Å². The van der Waals surface area contributed by atoms with Gasteiger partial charge in [0, 0.05) is 0 Å². The minimum absolute atomic E-state index is 0.137. The van der Waals surface area contributed by atoms with E-state index in [0.717, 1.165) is 38.0 Å². The van der Waals surface area contributed by atoms with Crippen LogP contribution in [0.5, 0.6) is 5.75 Å². The molecule has 0 aliphatic heterocycles. The molecule has 1 N–H and O–H groups in total. The average Bonchev–Trinajstić information content (AvgIpc) is 2.29. The van der Waals surface area contributed by atoms with Crippen molar-refractivity contribution in [1.29, 1.82) is 0 Å². The van der Waals surface area contributed by atoms with Gasteiger partial charge in [0.1, 0.15) is 5.75 Å². The number of aliphatic hydroxyl groups excluding tert-OH is 1. The first kappa shape index (κ1) is 12.1. The predicted octanol–water partition coefficient (Wildman–Crippen LogP) is 3.01. The summed E-state index contributed by atoms with van der Waals surface area (Å²) < 4.78 is 5.54. The summed E-state index contributed by atoms with van der Waals surface area (Å²) >= 11 is 0. The number of benzene rings is 1. The molecule has 0 aliphatic carbocycles. The number of hydrogen-bond acceptors (Lipinski definition) is 2. The molecule has 0 saturated carbocycles. The highest BCUT2D eigenvalue weighted by atomic mass is 16.5. The molecule has 0 radical (unpaired) electrons. The molecule has 1 aromatic carbocycles.